The van der Waals surface area contributed by atoms with Crippen LogP contribution in [0.15, 0.2) is 18.2 Å². The summed E-state index contributed by atoms with van der Waals surface area (Å²) < 4.78 is 5.36. The van der Waals surface area contributed by atoms with Crippen molar-refractivity contribution in [1.29, 1.82) is 0 Å². The summed E-state index contributed by atoms with van der Waals surface area (Å²) in [6.45, 7) is 3.91. The van der Waals surface area contributed by atoms with Crippen LogP contribution in [0.1, 0.15) is 49.8 Å². The molecule has 0 bridgehead atoms. The van der Waals surface area contributed by atoms with Crippen molar-refractivity contribution in [3.63, 3.8) is 0 Å². The summed E-state index contributed by atoms with van der Waals surface area (Å²) in [5.41, 5.74) is 2.04. The lowest BCUT2D eigenvalue weighted by Crippen LogP contribution is -2.44. The summed E-state index contributed by atoms with van der Waals surface area (Å²) in [5.74, 6) is -0.268. The molecule has 1 aliphatic carbocycles. The second kappa shape index (κ2) is 8.04. The number of hydrogen-bond acceptors (Lipinski definition) is 3. The number of benzene rings is 1. The predicted molar refractivity (Wildman–Crippen MR) is 91.2 cm³/mol. The number of urea groups is 1. The molecule has 3 N–H and O–H groups in total. The number of carboxylic acids is 1. The minimum absolute atomic E-state index is 0.0344. The Morgan fingerprint density at radius 2 is 1.92 bits per heavy atom. The third-order valence-corrected chi connectivity index (χ3v) is 4.61. The fraction of sp³-hybridized carbons (Fsp3) is 0.556. The number of carboxylic acid groups (broad SMARTS) is 1. The van der Waals surface area contributed by atoms with Gasteiger partial charge >= 0.3 is 12.0 Å². The highest BCUT2D eigenvalue weighted by atomic mass is 16.5. The maximum Gasteiger partial charge on any atom is 0.315 e. The van der Waals surface area contributed by atoms with Gasteiger partial charge in [-0.3, -0.25) is 4.79 Å². The van der Waals surface area contributed by atoms with Crippen LogP contribution in [0.2, 0.25) is 0 Å². The van der Waals surface area contributed by atoms with E-state index in [2.05, 4.69) is 10.6 Å². The van der Waals surface area contributed by atoms with E-state index in [4.69, 9.17) is 9.84 Å². The van der Waals surface area contributed by atoms with E-state index in [9.17, 15) is 9.59 Å². The van der Waals surface area contributed by atoms with Gasteiger partial charge in [0, 0.05) is 11.6 Å². The van der Waals surface area contributed by atoms with Crippen LogP contribution in [0, 0.1) is 12.8 Å². The highest BCUT2D eigenvalue weighted by molar-refractivity contribution is 5.75. The van der Waals surface area contributed by atoms with Gasteiger partial charge < -0.3 is 20.5 Å². The molecule has 6 heteroatoms. The Balaban J connectivity index is 1.89. The lowest BCUT2D eigenvalue weighted by Gasteiger charge is -2.27. The van der Waals surface area contributed by atoms with Crippen LogP contribution < -0.4 is 15.4 Å². The van der Waals surface area contributed by atoms with Crippen molar-refractivity contribution in [3.8, 4) is 5.75 Å². The van der Waals surface area contributed by atoms with Gasteiger partial charge in [-0.2, -0.15) is 0 Å². The molecule has 6 nitrogen and oxygen atoms in total. The van der Waals surface area contributed by atoms with Crippen molar-refractivity contribution in [3.05, 3.63) is 29.3 Å². The molecule has 1 saturated carbocycles. The highest BCUT2D eigenvalue weighted by Crippen LogP contribution is 2.27. The Labute approximate surface area is 142 Å². The molecule has 0 saturated heterocycles. The molecular formula is C18H26N2O4. The fourth-order valence-electron chi connectivity index (χ4n) is 3.18. The largest absolute Gasteiger partial charge is 0.496 e. The maximum atomic E-state index is 12.2. The summed E-state index contributed by atoms with van der Waals surface area (Å²) in [7, 11) is 1.61. The first kappa shape index (κ1) is 18.1. The molecule has 2 amide bonds. The van der Waals surface area contributed by atoms with Crippen LogP contribution >= 0.6 is 0 Å². The van der Waals surface area contributed by atoms with Gasteiger partial charge in [-0.05, 0) is 45.6 Å². The zero-order valence-electron chi connectivity index (χ0n) is 14.5. The van der Waals surface area contributed by atoms with Gasteiger partial charge in [-0.25, -0.2) is 4.79 Å². The molecule has 24 heavy (non-hydrogen) atoms. The summed E-state index contributed by atoms with van der Waals surface area (Å²) in [6.07, 6.45) is 2.63. The van der Waals surface area contributed by atoms with Crippen molar-refractivity contribution in [2.24, 2.45) is 5.92 Å². The number of carbonyl (C=O) groups is 2. The number of nitrogens with one attached hydrogen (secondary N) is 2. The topological polar surface area (TPSA) is 87.7 Å². The number of methoxy groups -OCH3 is 1. The standard InChI is InChI=1S/C18H26N2O4/c1-11-4-9-16(24-3)15(10-11)12(2)19-18(23)20-14-7-5-13(6-8-14)17(21)22/h4,9-10,12-14H,5-8H2,1-3H3,(H,21,22)(H2,19,20,23)/t12-,13?,14?/m1/s1. The van der Waals surface area contributed by atoms with Gasteiger partial charge in [-0.15, -0.1) is 0 Å². The van der Waals surface area contributed by atoms with Gasteiger partial charge in [0.1, 0.15) is 5.75 Å². The molecular weight excluding hydrogens is 308 g/mol. The minimum atomic E-state index is -0.738. The van der Waals surface area contributed by atoms with Crippen LogP contribution in [0.5, 0.6) is 5.75 Å². The summed E-state index contributed by atoms with van der Waals surface area (Å²) in [4.78, 5) is 23.2. The minimum Gasteiger partial charge on any atom is -0.496 e. The molecule has 0 unspecified atom stereocenters. The SMILES string of the molecule is COc1ccc(C)cc1[C@@H](C)NC(=O)NC1CCC(C(=O)O)CC1. The molecule has 0 aliphatic heterocycles. The van der Waals surface area contributed by atoms with E-state index in [1.165, 1.54) is 0 Å². The van der Waals surface area contributed by atoms with Crippen molar-refractivity contribution < 1.29 is 19.4 Å². The Bertz CT molecular complexity index is 595. The second-order valence-corrected chi connectivity index (χ2v) is 6.47. The number of rotatable bonds is 5. The van der Waals surface area contributed by atoms with Crippen LogP contribution in [-0.2, 0) is 4.79 Å². The molecule has 0 spiro atoms. The normalized spacial score (nSPS) is 21.6. The average Bonchev–Trinajstić information content (AvgIpc) is 2.55. The first-order valence-electron chi connectivity index (χ1n) is 8.35. The summed E-state index contributed by atoms with van der Waals surface area (Å²) >= 11 is 0. The smallest absolute Gasteiger partial charge is 0.315 e. The fourth-order valence-corrected chi connectivity index (χ4v) is 3.18. The van der Waals surface area contributed by atoms with Crippen LogP contribution in [0.3, 0.4) is 0 Å². The van der Waals surface area contributed by atoms with E-state index in [1.807, 2.05) is 32.0 Å². The van der Waals surface area contributed by atoms with Crippen molar-refractivity contribution in [2.45, 2.75) is 51.6 Å². The van der Waals surface area contributed by atoms with Crippen molar-refractivity contribution in [2.75, 3.05) is 7.11 Å². The number of carbonyl (C=O) groups excluding carboxylic acids is 1. The summed E-state index contributed by atoms with van der Waals surface area (Å²) in [5, 5.41) is 14.9. The predicted octanol–water partition coefficient (Wildman–Crippen LogP) is 3.01. The molecule has 132 valence electrons. The Morgan fingerprint density at radius 3 is 2.50 bits per heavy atom. The third-order valence-electron chi connectivity index (χ3n) is 4.61. The zero-order chi connectivity index (χ0) is 17.7. The second-order valence-electron chi connectivity index (χ2n) is 6.47. The van der Waals surface area contributed by atoms with E-state index in [0.717, 1.165) is 16.9 Å². The zero-order valence-corrected chi connectivity index (χ0v) is 14.5. The molecule has 0 heterocycles. The Hall–Kier alpha value is -2.24. The number of amides is 2. The number of aliphatic carboxylic acids is 1. The molecule has 1 aliphatic rings. The average molecular weight is 334 g/mol. The maximum absolute atomic E-state index is 12.2. The van der Waals surface area contributed by atoms with E-state index in [1.54, 1.807) is 7.11 Å². The lowest BCUT2D eigenvalue weighted by molar-refractivity contribution is -0.142. The van der Waals surface area contributed by atoms with Gasteiger partial charge in [0.2, 0.25) is 0 Å². The first-order chi connectivity index (χ1) is 11.4. The van der Waals surface area contributed by atoms with E-state index in [-0.39, 0.29) is 24.0 Å². The molecule has 0 radical (unpaired) electrons. The van der Waals surface area contributed by atoms with Crippen LogP contribution in [0.4, 0.5) is 4.79 Å². The molecule has 1 aromatic carbocycles. The number of ether oxygens (including phenoxy) is 1. The monoisotopic (exact) mass is 334 g/mol. The molecule has 2 rings (SSSR count). The van der Waals surface area contributed by atoms with Gasteiger partial charge in [0.15, 0.2) is 0 Å². The van der Waals surface area contributed by atoms with E-state index in [0.29, 0.717) is 25.7 Å². The van der Waals surface area contributed by atoms with Gasteiger partial charge in [-0.1, -0.05) is 17.7 Å². The molecule has 0 aromatic heterocycles. The highest BCUT2D eigenvalue weighted by Gasteiger charge is 2.27. The molecule has 1 fully saturated rings. The van der Waals surface area contributed by atoms with Crippen molar-refractivity contribution in [1.82, 2.24) is 10.6 Å². The third kappa shape index (κ3) is 4.63. The summed E-state index contributed by atoms with van der Waals surface area (Å²) in [6, 6.07) is 5.48. The van der Waals surface area contributed by atoms with Crippen LogP contribution in [0.25, 0.3) is 0 Å². The molecule has 1 atom stereocenters. The first-order valence-corrected chi connectivity index (χ1v) is 8.35. The Kier molecular flexibility index (Phi) is 6.06. The number of aryl methyl sites for hydroxylation is 1. The lowest BCUT2D eigenvalue weighted by atomic mass is 9.86. The van der Waals surface area contributed by atoms with E-state index >= 15 is 0 Å². The molecule has 1 aromatic rings. The van der Waals surface area contributed by atoms with Gasteiger partial charge in [0.25, 0.3) is 0 Å². The quantitative estimate of drug-likeness (QED) is 0.772. The van der Waals surface area contributed by atoms with E-state index < -0.39 is 5.97 Å². The number of hydrogen-bond donors (Lipinski definition) is 3. The van der Waals surface area contributed by atoms with Crippen molar-refractivity contribution >= 4 is 12.0 Å². The van der Waals surface area contributed by atoms with Crippen LogP contribution in [-0.4, -0.2) is 30.3 Å². The Morgan fingerprint density at radius 1 is 1.25 bits per heavy atom. The van der Waals surface area contributed by atoms with Gasteiger partial charge in [0.05, 0.1) is 19.1 Å².